The number of imidazole rings is 1. The fourth-order valence-electron chi connectivity index (χ4n) is 2.55. The minimum atomic E-state index is -1.65. The summed E-state index contributed by atoms with van der Waals surface area (Å²) >= 11 is 0. The van der Waals surface area contributed by atoms with Crippen LogP contribution in [-0.4, -0.2) is 37.4 Å². The Morgan fingerprint density at radius 2 is 2.05 bits per heavy atom. The van der Waals surface area contributed by atoms with Gasteiger partial charge in [-0.3, -0.25) is 0 Å². The fraction of sp³-hybridized carbons (Fsp3) is 0.800. The van der Waals surface area contributed by atoms with Gasteiger partial charge in [0.25, 0.3) is 0 Å². The van der Waals surface area contributed by atoms with Crippen molar-refractivity contribution in [3.63, 3.8) is 0 Å². The summed E-state index contributed by atoms with van der Waals surface area (Å²) in [6, 6.07) is 2.25. The van der Waals surface area contributed by atoms with Gasteiger partial charge in [-0.2, -0.15) is 0 Å². The first kappa shape index (κ1) is 16.7. The Labute approximate surface area is 128 Å². The Morgan fingerprint density at radius 3 is 2.57 bits per heavy atom. The highest BCUT2D eigenvalue weighted by molar-refractivity contribution is 6.72. The van der Waals surface area contributed by atoms with Crippen molar-refractivity contribution < 1.29 is 13.9 Å². The lowest BCUT2D eigenvalue weighted by Gasteiger charge is -2.31. The zero-order valence-electron chi connectivity index (χ0n) is 13.7. The molecule has 0 amide bonds. The van der Waals surface area contributed by atoms with Crippen molar-refractivity contribution in [2.24, 2.45) is 7.05 Å². The zero-order chi connectivity index (χ0) is 15.3. The molecule has 0 aliphatic carbocycles. The van der Waals surface area contributed by atoms with Crippen molar-refractivity contribution in [1.82, 2.24) is 9.55 Å². The van der Waals surface area contributed by atoms with Gasteiger partial charge in [0.15, 0.2) is 14.6 Å². The minimum Gasteiger partial charge on any atom is -0.407 e. The van der Waals surface area contributed by atoms with Crippen LogP contribution >= 0.6 is 0 Å². The van der Waals surface area contributed by atoms with Gasteiger partial charge in [0.1, 0.15) is 11.9 Å². The molecule has 1 aliphatic rings. The molecule has 1 unspecified atom stereocenters. The summed E-state index contributed by atoms with van der Waals surface area (Å²) in [5.74, 6) is 1.01. The summed E-state index contributed by atoms with van der Waals surface area (Å²) in [6.07, 6.45) is 5.52. The van der Waals surface area contributed by atoms with Gasteiger partial charge in [0.2, 0.25) is 0 Å². The molecular formula is C15H28N2O3Si. The topological polar surface area (TPSA) is 45.5 Å². The second-order valence-electron chi connectivity index (χ2n) is 5.91. The summed E-state index contributed by atoms with van der Waals surface area (Å²) < 4.78 is 19.7. The van der Waals surface area contributed by atoms with Gasteiger partial charge in [-0.1, -0.05) is 13.8 Å². The average Bonchev–Trinajstić information content (AvgIpc) is 3.15. The molecule has 6 heteroatoms. The maximum Gasteiger partial charge on any atom is 0.190 e. The van der Waals surface area contributed by atoms with Crippen LogP contribution in [0.25, 0.3) is 0 Å². The van der Waals surface area contributed by atoms with Crippen LogP contribution in [0.4, 0.5) is 0 Å². The van der Waals surface area contributed by atoms with E-state index in [4.69, 9.17) is 13.9 Å². The quantitative estimate of drug-likeness (QED) is 0.691. The third-order valence-electron chi connectivity index (χ3n) is 4.42. The molecule has 0 spiro atoms. The number of ether oxygens (including phenoxy) is 2. The van der Waals surface area contributed by atoms with Crippen LogP contribution < -0.4 is 0 Å². The average molecular weight is 312 g/mol. The number of hydrogen-bond acceptors (Lipinski definition) is 4. The third-order valence-corrected chi connectivity index (χ3v) is 8.27. The number of hydrogen-bond donors (Lipinski definition) is 0. The van der Waals surface area contributed by atoms with E-state index in [1.807, 2.05) is 19.4 Å². The van der Waals surface area contributed by atoms with Crippen LogP contribution in [0.15, 0.2) is 12.4 Å². The van der Waals surface area contributed by atoms with Gasteiger partial charge >= 0.3 is 0 Å². The Bertz CT molecular complexity index is 428. The molecule has 1 aromatic rings. The smallest absolute Gasteiger partial charge is 0.190 e. The molecule has 120 valence electrons. The largest absolute Gasteiger partial charge is 0.407 e. The second kappa shape index (κ2) is 7.53. The van der Waals surface area contributed by atoms with Crippen LogP contribution in [0.2, 0.25) is 18.6 Å². The molecule has 0 N–H and O–H groups in total. The van der Waals surface area contributed by atoms with Crippen molar-refractivity contribution in [2.45, 2.75) is 57.7 Å². The lowest BCUT2D eigenvalue weighted by molar-refractivity contribution is -0.0538. The summed E-state index contributed by atoms with van der Waals surface area (Å²) in [5, 5.41) is 0. The zero-order valence-corrected chi connectivity index (χ0v) is 14.7. The van der Waals surface area contributed by atoms with E-state index >= 15 is 0 Å². The summed E-state index contributed by atoms with van der Waals surface area (Å²) in [6.45, 7) is 8.18. The SMILES string of the molecule is CC[Si](C)(CC)OC(CCC1OCCO1)c1nccn1C. The Balaban J connectivity index is 2.04. The number of aryl methyl sites for hydroxylation is 1. The first-order valence-electron chi connectivity index (χ1n) is 7.96. The molecule has 0 radical (unpaired) electrons. The number of rotatable bonds is 8. The van der Waals surface area contributed by atoms with E-state index in [1.54, 1.807) is 0 Å². The normalized spacial score (nSPS) is 18.3. The molecule has 1 saturated heterocycles. The molecule has 0 aromatic carbocycles. The molecule has 5 nitrogen and oxygen atoms in total. The van der Waals surface area contributed by atoms with Gasteiger partial charge in [-0.05, 0) is 25.1 Å². The van der Waals surface area contributed by atoms with Crippen molar-refractivity contribution in [1.29, 1.82) is 0 Å². The Hall–Kier alpha value is -0.693. The van der Waals surface area contributed by atoms with Crippen LogP contribution in [-0.2, 0) is 20.9 Å². The van der Waals surface area contributed by atoms with Crippen molar-refractivity contribution in [3.8, 4) is 0 Å². The van der Waals surface area contributed by atoms with E-state index < -0.39 is 8.32 Å². The van der Waals surface area contributed by atoms with Gasteiger partial charge in [-0.15, -0.1) is 0 Å². The van der Waals surface area contributed by atoms with E-state index in [9.17, 15) is 0 Å². The van der Waals surface area contributed by atoms with Crippen molar-refractivity contribution >= 4 is 8.32 Å². The van der Waals surface area contributed by atoms with E-state index in [-0.39, 0.29) is 12.4 Å². The van der Waals surface area contributed by atoms with Gasteiger partial charge in [0, 0.05) is 25.9 Å². The first-order chi connectivity index (χ1) is 10.1. The van der Waals surface area contributed by atoms with E-state index in [2.05, 4.69) is 29.9 Å². The van der Waals surface area contributed by atoms with E-state index in [0.29, 0.717) is 13.2 Å². The highest BCUT2D eigenvalue weighted by atomic mass is 28.4. The standard InChI is InChI=1S/C15H28N2O3Si/c1-5-21(4,6-2)20-13(15-16-9-10-17(15)3)7-8-14-18-11-12-19-14/h9-10,13-14H,5-8,11-12H2,1-4H3. The van der Waals surface area contributed by atoms with Crippen LogP contribution in [0.3, 0.4) is 0 Å². The van der Waals surface area contributed by atoms with Crippen molar-refractivity contribution in [3.05, 3.63) is 18.2 Å². The van der Waals surface area contributed by atoms with Crippen molar-refractivity contribution in [2.75, 3.05) is 13.2 Å². The molecule has 0 bridgehead atoms. The molecule has 2 heterocycles. The molecule has 21 heavy (non-hydrogen) atoms. The predicted octanol–water partition coefficient (Wildman–Crippen LogP) is 3.25. The summed E-state index contributed by atoms with van der Waals surface area (Å²) in [4.78, 5) is 4.49. The molecular weight excluding hydrogens is 284 g/mol. The highest BCUT2D eigenvalue weighted by Gasteiger charge is 2.31. The third kappa shape index (κ3) is 4.39. The molecule has 0 saturated carbocycles. The highest BCUT2D eigenvalue weighted by Crippen LogP contribution is 2.30. The lowest BCUT2D eigenvalue weighted by atomic mass is 10.2. The van der Waals surface area contributed by atoms with E-state index in [1.165, 1.54) is 0 Å². The molecule has 2 rings (SSSR count). The lowest BCUT2D eigenvalue weighted by Crippen LogP contribution is -2.35. The predicted molar refractivity (Wildman–Crippen MR) is 84.5 cm³/mol. The first-order valence-corrected chi connectivity index (χ1v) is 10.8. The molecule has 1 atom stereocenters. The minimum absolute atomic E-state index is 0.0365. The number of aromatic nitrogens is 2. The van der Waals surface area contributed by atoms with Gasteiger partial charge in [0.05, 0.1) is 13.2 Å². The monoisotopic (exact) mass is 312 g/mol. The van der Waals surface area contributed by atoms with Gasteiger partial charge in [-0.25, -0.2) is 4.98 Å². The van der Waals surface area contributed by atoms with E-state index in [0.717, 1.165) is 30.8 Å². The summed E-state index contributed by atoms with van der Waals surface area (Å²) in [5.41, 5.74) is 0. The fourth-order valence-corrected chi connectivity index (χ4v) is 4.29. The second-order valence-corrected chi connectivity index (χ2v) is 10.5. The van der Waals surface area contributed by atoms with Crippen LogP contribution in [0.1, 0.15) is 38.6 Å². The molecule has 1 aromatic heterocycles. The maximum atomic E-state index is 6.57. The van der Waals surface area contributed by atoms with Crippen LogP contribution in [0.5, 0.6) is 0 Å². The van der Waals surface area contributed by atoms with Crippen LogP contribution in [0, 0.1) is 0 Å². The maximum absolute atomic E-state index is 6.57. The molecule has 1 aliphatic heterocycles. The Morgan fingerprint density at radius 1 is 1.38 bits per heavy atom. The summed E-state index contributed by atoms with van der Waals surface area (Å²) in [7, 11) is 0.375. The Kier molecular flexibility index (Phi) is 5.98. The number of nitrogens with zero attached hydrogens (tertiary/aromatic N) is 2. The van der Waals surface area contributed by atoms with Gasteiger partial charge < -0.3 is 18.5 Å². The molecule has 1 fully saturated rings.